The minimum atomic E-state index is -4.41. The van der Waals surface area contributed by atoms with Gasteiger partial charge in [0.15, 0.2) is 39.3 Å². The molecule has 0 heterocycles. The summed E-state index contributed by atoms with van der Waals surface area (Å²) in [6.45, 7) is 8.35. The molecule has 0 N–H and O–H groups in total. The molecule has 0 atom stereocenters. The van der Waals surface area contributed by atoms with Crippen LogP contribution in [0.25, 0.3) is 0 Å². The predicted molar refractivity (Wildman–Crippen MR) is 208 cm³/mol. The lowest BCUT2D eigenvalue weighted by molar-refractivity contribution is 0.561. The average Bonchev–Trinajstić information content (AvgIpc) is 3.06. The van der Waals surface area contributed by atoms with Crippen LogP contribution < -0.4 is 0 Å². The molecule has 50 heavy (non-hydrogen) atoms. The first-order valence-corrected chi connectivity index (χ1v) is 26.4. The first-order valence-electron chi connectivity index (χ1n) is 19.8. The van der Waals surface area contributed by atoms with Crippen molar-refractivity contribution in [3.05, 3.63) is 12.1 Å². The summed E-state index contributed by atoms with van der Waals surface area (Å²) in [4.78, 5) is -2.47. The van der Waals surface area contributed by atoms with E-state index in [-0.39, 0.29) is 36.5 Å². The molecule has 0 aromatic heterocycles. The highest BCUT2D eigenvalue weighted by Gasteiger charge is 2.36. The van der Waals surface area contributed by atoms with Crippen LogP contribution in [-0.4, -0.2) is 56.7 Å². The number of rotatable bonds is 32. The molecular weight excluding hydrogens is 713 g/mol. The van der Waals surface area contributed by atoms with Crippen molar-refractivity contribution >= 4 is 39.3 Å². The van der Waals surface area contributed by atoms with E-state index in [1.54, 1.807) is 0 Å². The third-order valence-corrected chi connectivity index (χ3v) is 17.0. The third-order valence-electron chi connectivity index (χ3n) is 9.40. The van der Waals surface area contributed by atoms with Gasteiger partial charge in [0.2, 0.25) is 0 Å². The molecule has 0 spiro atoms. The maximum atomic E-state index is 14.1. The summed E-state index contributed by atoms with van der Waals surface area (Å²) in [5.74, 6) is -1.42. The SMILES string of the molecule is CCCCCCCCS(=O)(=O)c1cc(S(=O)(=O)CCCCCCCC)c(S(=O)(=O)CCCCCCCC)c(S(=O)(=O)CCCCCCCC)c1. The topological polar surface area (TPSA) is 137 Å². The van der Waals surface area contributed by atoms with Gasteiger partial charge in [0, 0.05) is 0 Å². The molecule has 1 aromatic carbocycles. The van der Waals surface area contributed by atoms with E-state index in [1.807, 2.05) is 0 Å². The summed E-state index contributed by atoms with van der Waals surface area (Å²) in [5.41, 5.74) is 0. The monoisotopic (exact) mass is 782 g/mol. The number of unbranched alkanes of at least 4 members (excludes halogenated alkanes) is 20. The second kappa shape index (κ2) is 25.1. The van der Waals surface area contributed by atoms with Crippen LogP contribution in [0.1, 0.15) is 182 Å². The first kappa shape index (κ1) is 47.0. The Morgan fingerprint density at radius 1 is 0.320 bits per heavy atom. The zero-order chi connectivity index (χ0) is 37.5. The molecule has 0 unspecified atom stereocenters. The van der Waals surface area contributed by atoms with E-state index < -0.39 is 64.7 Å². The van der Waals surface area contributed by atoms with Crippen LogP contribution in [0.2, 0.25) is 0 Å². The molecule has 1 rings (SSSR count). The van der Waals surface area contributed by atoms with E-state index in [0.29, 0.717) is 32.1 Å². The number of hydrogen-bond donors (Lipinski definition) is 0. The Labute approximate surface area is 308 Å². The summed E-state index contributed by atoms with van der Waals surface area (Å²) in [6, 6.07) is 1.91. The highest BCUT2D eigenvalue weighted by molar-refractivity contribution is 7.96. The second-order valence-electron chi connectivity index (χ2n) is 14.1. The minimum Gasteiger partial charge on any atom is -0.224 e. The van der Waals surface area contributed by atoms with E-state index >= 15 is 0 Å². The van der Waals surface area contributed by atoms with Crippen LogP contribution in [0, 0.1) is 0 Å². The zero-order valence-corrected chi connectivity index (χ0v) is 35.1. The summed E-state index contributed by atoms with van der Waals surface area (Å²) in [5, 5.41) is 0. The smallest absolute Gasteiger partial charge is 0.180 e. The van der Waals surface area contributed by atoms with Crippen LogP contribution in [0.4, 0.5) is 0 Å². The second-order valence-corrected chi connectivity index (χ2v) is 22.4. The van der Waals surface area contributed by atoms with Gasteiger partial charge in [-0.2, -0.15) is 0 Å². The van der Waals surface area contributed by atoms with Gasteiger partial charge >= 0.3 is 0 Å². The highest BCUT2D eigenvalue weighted by Crippen LogP contribution is 2.36. The molecule has 0 saturated heterocycles. The molecule has 0 fully saturated rings. The Hall–Kier alpha value is -0.980. The molecule has 0 amide bonds. The van der Waals surface area contributed by atoms with Crippen LogP contribution >= 0.6 is 0 Å². The van der Waals surface area contributed by atoms with Gasteiger partial charge in [-0.1, -0.05) is 156 Å². The first-order chi connectivity index (χ1) is 23.7. The van der Waals surface area contributed by atoms with Gasteiger partial charge in [-0.3, -0.25) is 0 Å². The van der Waals surface area contributed by atoms with Crippen molar-refractivity contribution in [3.8, 4) is 0 Å². The number of benzene rings is 1. The van der Waals surface area contributed by atoms with E-state index in [4.69, 9.17) is 0 Å². The van der Waals surface area contributed by atoms with Crippen molar-refractivity contribution in [1.29, 1.82) is 0 Å². The van der Waals surface area contributed by atoms with E-state index in [9.17, 15) is 33.7 Å². The molecule has 0 bridgehead atoms. The molecule has 1 aromatic rings. The Morgan fingerprint density at radius 2 is 0.560 bits per heavy atom. The molecule has 8 nitrogen and oxygen atoms in total. The van der Waals surface area contributed by atoms with Crippen molar-refractivity contribution in [2.24, 2.45) is 0 Å². The van der Waals surface area contributed by atoms with Crippen molar-refractivity contribution in [1.82, 2.24) is 0 Å². The fraction of sp³-hybridized carbons (Fsp3) is 0.842. The molecule has 294 valence electrons. The van der Waals surface area contributed by atoms with Crippen LogP contribution in [0.15, 0.2) is 31.7 Å². The molecular formula is C38H70O8S4. The summed E-state index contributed by atoms with van der Waals surface area (Å²) in [6.07, 6.45) is 19.2. The van der Waals surface area contributed by atoms with Crippen molar-refractivity contribution in [3.63, 3.8) is 0 Å². The largest absolute Gasteiger partial charge is 0.224 e. The maximum Gasteiger partial charge on any atom is 0.180 e. The van der Waals surface area contributed by atoms with Crippen molar-refractivity contribution in [2.75, 3.05) is 23.0 Å². The van der Waals surface area contributed by atoms with Gasteiger partial charge in [-0.15, -0.1) is 0 Å². The van der Waals surface area contributed by atoms with Gasteiger partial charge in [-0.05, 0) is 37.8 Å². The summed E-state index contributed by atoms with van der Waals surface area (Å²) in [7, 11) is -17.2. The summed E-state index contributed by atoms with van der Waals surface area (Å²) < 4.78 is 112. The van der Waals surface area contributed by atoms with Gasteiger partial charge in [0.05, 0.1) is 37.7 Å². The Balaban J connectivity index is 3.75. The zero-order valence-electron chi connectivity index (χ0n) is 31.9. The van der Waals surface area contributed by atoms with Crippen molar-refractivity contribution < 1.29 is 33.7 Å². The third kappa shape index (κ3) is 17.7. The van der Waals surface area contributed by atoms with Gasteiger partial charge < -0.3 is 0 Å². The number of sulfone groups is 4. The Bertz CT molecular complexity index is 1450. The lowest BCUT2D eigenvalue weighted by Crippen LogP contribution is -2.22. The molecule has 12 heteroatoms. The lowest BCUT2D eigenvalue weighted by Gasteiger charge is -2.18. The van der Waals surface area contributed by atoms with E-state index in [1.165, 1.54) is 0 Å². The normalized spacial score (nSPS) is 12.9. The van der Waals surface area contributed by atoms with E-state index in [0.717, 1.165) is 115 Å². The number of hydrogen-bond acceptors (Lipinski definition) is 8. The average molecular weight is 783 g/mol. The minimum absolute atomic E-state index is 0.262. The van der Waals surface area contributed by atoms with Crippen molar-refractivity contribution in [2.45, 2.75) is 201 Å². The summed E-state index contributed by atoms with van der Waals surface area (Å²) >= 11 is 0. The maximum absolute atomic E-state index is 14.1. The molecule has 0 aliphatic heterocycles. The lowest BCUT2D eigenvalue weighted by atomic mass is 10.1. The van der Waals surface area contributed by atoms with Crippen LogP contribution in [-0.2, 0) is 39.3 Å². The van der Waals surface area contributed by atoms with Crippen LogP contribution in [0.3, 0.4) is 0 Å². The van der Waals surface area contributed by atoms with Gasteiger partial charge in [-0.25, -0.2) is 33.7 Å². The molecule has 0 aliphatic carbocycles. The van der Waals surface area contributed by atoms with Crippen LogP contribution in [0.5, 0.6) is 0 Å². The molecule has 0 radical (unpaired) electrons. The molecule has 0 aliphatic rings. The van der Waals surface area contributed by atoms with Gasteiger partial charge in [0.25, 0.3) is 0 Å². The standard InChI is InChI=1S/C38H70O8S4/c1-5-9-13-17-21-25-29-47(39,40)35-33-36(48(41,42)30-26-22-18-14-10-6-2)38(50(45,46)32-28-24-20-16-12-8-4)37(34-35)49(43,44)31-27-23-19-15-11-7-3/h33-34H,5-32H2,1-4H3. The molecule has 0 saturated carbocycles. The predicted octanol–water partition coefficient (Wildman–Crippen LogP) is 10.2. The van der Waals surface area contributed by atoms with E-state index in [2.05, 4.69) is 27.7 Å². The Morgan fingerprint density at radius 3 is 0.860 bits per heavy atom. The fourth-order valence-corrected chi connectivity index (χ4v) is 13.9. The Kier molecular flexibility index (Phi) is 23.6. The highest BCUT2D eigenvalue weighted by atomic mass is 32.2. The van der Waals surface area contributed by atoms with Gasteiger partial charge in [0.1, 0.15) is 4.90 Å². The quantitative estimate of drug-likeness (QED) is 0.0659. The fourth-order valence-electron chi connectivity index (χ4n) is 6.23.